The van der Waals surface area contributed by atoms with Crippen LogP contribution in [0.3, 0.4) is 0 Å². The molecule has 0 bridgehead atoms. The van der Waals surface area contributed by atoms with Gasteiger partial charge in [-0.25, -0.2) is 9.97 Å². The van der Waals surface area contributed by atoms with E-state index in [1.807, 2.05) is 20.8 Å². The highest BCUT2D eigenvalue weighted by molar-refractivity contribution is 5.98. The Labute approximate surface area is 93.3 Å². The van der Waals surface area contributed by atoms with Crippen molar-refractivity contribution in [1.29, 1.82) is 0 Å². The van der Waals surface area contributed by atoms with Crippen molar-refractivity contribution in [3.63, 3.8) is 0 Å². The number of nitrogens with zero attached hydrogens (tertiary/aromatic N) is 3. The van der Waals surface area contributed by atoms with E-state index in [4.69, 9.17) is 0 Å². The number of carbonyl (C=O) groups is 1. The fraction of sp³-hybridized carbons (Fsp3) is 0.500. The summed E-state index contributed by atoms with van der Waals surface area (Å²) in [7, 11) is 0. The number of aliphatic hydroxyl groups is 1. The predicted molar refractivity (Wildman–Crippen MR) is 57.7 cm³/mol. The van der Waals surface area contributed by atoms with Crippen LogP contribution in [0.15, 0.2) is 12.4 Å². The number of aliphatic hydroxyl groups excluding tert-OH is 1. The van der Waals surface area contributed by atoms with Crippen LogP contribution in [-0.2, 0) is 0 Å². The molecule has 86 valence electrons. The molecule has 0 saturated carbocycles. The molecule has 1 amide bonds. The van der Waals surface area contributed by atoms with Crippen molar-refractivity contribution in [3.8, 4) is 0 Å². The highest BCUT2D eigenvalue weighted by atomic mass is 16.3. The van der Waals surface area contributed by atoms with Crippen molar-refractivity contribution < 1.29 is 9.90 Å². The lowest BCUT2D eigenvalue weighted by Gasteiger charge is -2.42. The Bertz CT molecular complexity index is 427. The van der Waals surface area contributed by atoms with Crippen LogP contribution in [0.2, 0.25) is 0 Å². The number of fused-ring (bicyclic) bond motifs is 1. The molecule has 0 aliphatic carbocycles. The van der Waals surface area contributed by atoms with Crippen molar-refractivity contribution in [2.24, 2.45) is 0 Å². The van der Waals surface area contributed by atoms with E-state index in [2.05, 4.69) is 15.3 Å². The molecule has 0 saturated heterocycles. The van der Waals surface area contributed by atoms with Crippen LogP contribution < -0.4 is 10.2 Å². The molecule has 1 aliphatic heterocycles. The molecule has 1 unspecified atom stereocenters. The highest BCUT2D eigenvalue weighted by Gasteiger charge is 2.37. The first-order valence-electron chi connectivity index (χ1n) is 5.00. The summed E-state index contributed by atoms with van der Waals surface area (Å²) in [6.45, 7) is 5.77. The van der Waals surface area contributed by atoms with E-state index >= 15 is 0 Å². The molecule has 0 radical (unpaired) electrons. The molecule has 2 rings (SSSR count). The second-order valence-electron chi connectivity index (χ2n) is 4.62. The van der Waals surface area contributed by atoms with Crippen LogP contribution >= 0.6 is 0 Å². The molecule has 1 aromatic heterocycles. The van der Waals surface area contributed by atoms with Gasteiger partial charge < -0.3 is 15.3 Å². The second-order valence-corrected chi connectivity index (χ2v) is 4.62. The largest absolute Gasteiger partial charge is 0.356 e. The van der Waals surface area contributed by atoms with Gasteiger partial charge in [-0.2, -0.15) is 0 Å². The smallest absolute Gasteiger partial charge is 0.277 e. The van der Waals surface area contributed by atoms with E-state index in [0.717, 1.165) is 0 Å². The molecule has 0 fully saturated rings. The lowest BCUT2D eigenvalue weighted by atomic mass is 10.0. The molecule has 1 atom stereocenters. The standard InChI is InChI=1S/C10H14N4O2/c1-10(2,3)14-7-6(11-4-5-12-7)8(15)13-9(14)16/h4-5,9,16H,1-3H3,(H,13,15). The summed E-state index contributed by atoms with van der Waals surface area (Å²) in [5.41, 5.74) is -0.125. The fourth-order valence-electron chi connectivity index (χ4n) is 1.72. The number of hydrogen-bond donors (Lipinski definition) is 2. The molecule has 16 heavy (non-hydrogen) atoms. The van der Waals surface area contributed by atoms with E-state index in [1.165, 1.54) is 12.4 Å². The number of rotatable bonds is 0. The Balaban J connectivity index is 2.56. The zero-order valence-electron chi connectivity index (χ0n) is 9.43. The minimum atomic E-state index is -1.07. The summed E-state index contributed by atoms with van der Waals surface area (Å²) in [6.07, 6.45) is 1.89. The number of nitrogens with one attached hydrogen (secondary N) is 1. The van der Waals surface area contributed by atoms with Crippen molar-refractivity contribution in [2.45, 2.75) is 32.7 Å². The maximum absolute atomic E-state index is 11.6. The quantitative estimate of drug-likeness (QED) is 0.651. The van der Waals surface area contributed by atoms with Crippen LogP contribution in [0.4, 0.5) is 5.82 Å². The molecule has 0 aromatic carbocycles. The number of anilines is 1. The molecule has 2 heterocycles. The molecule has 2 N–H and O–H groups in total. The van der Waals surface area contributed by atoms with Crippen molar-refractivity contribution >= 4 is 11.7 Å². The molecule has 6 nitrogen and oxygen atoms in total. The Morgan fingerprint density at radius 2 is 2.00 bits per heavy atom. The third-order valence-corrected chi connectivity index (χ3v) is 2.35. The van der Waals surface area contributed by atoms with Gasteiger partial charge in [-0.15, -0.1) is 0 Å². The van der Waals surface area contributed by atoms with Crippen molar-refractivity contribution in [2.75, 3.05) is 4.90 Å². The Kier molecular flexibility index (Phi) is 2.31. The van der Waals surface area contributed by atoms with Crippen molar-refractivity contribution in [1.82, 2.24) is 15.3 Å². The van der Waals surface area contributed by atoms with Crippen LogP contribution in [0.25, 0.3) is 0 Å². The minimum absolute atomic E-state index is 0.239. The van der Waals surface area contributed by atoms with E-state index in [1.54, 1.807) is 4.90 Å². The summed E-state index contributed by atoms with van der Waals surface area (Å²) in [6, 6.07) is 0. The van der Waals surface area contributed by atoms with Gasteiger partial charge in [-0.3, -0.25) is 4.79 Å². The Morgan fingerprint density at radius 1 is 1.38 bits per heavy atom. The first kappa shape index (κ1) is 10.8. The average Bonchev–Trinajstić information content (AvgIpc) is 2.15. The zero-order valence-corrected chi connectivity index (χ0v) is 9.43. The molecular weight excluding hydrogens is 208 g/mol. The predicted octanol–water partition coefficient (Wildman–Crippen LogP) is 0.101. The second kappa shape index (κ2) is 3.41. The zero-order chi connectivity index (χ0) is 11.9. The van der Waals surface area contributed by atoms with Gasteiger partial charge in [-0.05, 0) is 20.8 Å². The van der Waals surface area contributed by atoms with Gasteiger partial charge in [0.05, 0.1) is 0 Å². The van der Waals surface area contributed by atoms with E-state index in [-0.39, 0.29) is 11.2 Å². The van der Waals surface area contributed by atoms with Gasteiger partial charge in [0, 0.05) is 17.9 Å². The van der Waals surface area contributed by atoms with E-state index in [0.29, 0.717) is 5.82 Å². The number of carbonyl (C=O) groups excluding carboxylic acids is 1. The van der Waals surface area contributed by atoms with Gasteiger partial charge in [0.25, 0.3) is 5.91 Å². The lowest BCUT2D eigenvalue weighted by Crippen LogP contribution is -2.60. The summed E-state index contributed by atoms with van der Waals surface area (Å²) in [4.78, 5) is 21.3. The molecule has 1 aliphatic rings. The molecule has 1 aromatic rings. The van der Waals surface area contributed by atoms with Gasteiger partial charge in [0.1, 0.15) is 0 Å². The maximum Gasteiger partial charge on any atom is 0.277 e. The highest BCUT2D eigenvalue weighted by Crippen LogP contribution is 2.28. The Hall–Kier alpha value is -1.69. The fourth-order valence-corrected chi connectivity index (χ4v) is 1.72. The van der Waals surface area contributed by atoms with Gasteiger partial charge in [-0.1, -0.05) is 0 Å². The average molecular weight is 222 g/mol. The maximum atomic E-state index is 11.6. The van der Waals surface area contributed by atoms with Crippen LogP contribution in [0.1, 0.15) is 31.3 Å². The minimum Gasteiger partial charge on any atom is -0.356 e. The summed E-state index contributed by atoms with van der Waals surface area (Å²) in [5.74, 6) is 0.00218. The first-order chi connectivity index (χ1) is 7.41. The van der Waals surface area contributed by atoms with Gasteiger partial charge >= 0.3 is 0 Å². The monoisotopic (exact) mass is 222 g/mol. The van der Waals surface area contributed by atoms with Gasteiger partial charge in [0.15, 0.2) is 11.5 Å². The lowest BCUT2D eigenvalue weighted by molar-refractivity contribution is 0.0678. The van der Waals surface area contributed by atoms with E-state index in [9.17, 15) is 9.90 Å². The summed E-state index contributed by atoms with van der Waals surface area (Å²) in [5, 5.41) is 12.3. The van der Waals surface area contributed by atoms with Gasteiger partial charge in [0.2, 0.25) is 6.35 Å². The van der Waals surface area contributed by atoms with Crippen molar-refractivity contribution in [3.05, 3.63) is 18.1 Å². The SMILES string of the molecule is CC(C)(C)N1c2nccnc2C(=O)NC1O. The normalized spacial score (nSPS) is 20.4. The Morgan fingerprint density at radius 3 is 2.62 bits per heavy atom. The molecular formula is C10H14N4O2. The number of amides is 1. The molecule has 0 spiro atoms. The number of hydrogen-bond acceptors (Lipinski definition) is 5. The third-order valence-electron chi connectivity index (χ3n) is 2.35. The molecule has 6 heteroatoms. The van der Waals surface area contributed by atoms with Crippen LogP contribution in [0.5, 0.6) is 0 Å². The van der Waals surface area contributed by atoms with E-state index < -0.39 is 12.3 Å². The topological polar surface area (TPSA) is 78.4 Å². The first-order valence-corrected chi connectivity index (χ1v) is 5.00. The van der Waals surface area contributed by atoms with Crippen LogP contribution in [0, 0.1) is 0 Å². The summed E-state index contributed by atoms with van der Waals surface area (Å²) < 4.78 is 0. The third kappa shape index (κ3) is 1.61. The van der Waals surface area contributed by atoms with Crippen LogP contribution in [-0.4, -0.2) is 32.9 Å². The number of aromatic nitrogens is 2. The summed E-state index contributed by atoms with van der Waals surface area (Å²) >= 11 is 0.